The number of rotatable bonds is 6. The lowest BCUT2D eigenvalue weighted by Crippen LogP contribution is -2.37. The lowest BCUT2D eigenvalue weighted by Gasteiger charge is -2.28. The van der Waals surface area contributed by atoms with Gasteiger partial charge in [-0.15, -0.1) is 0 Å². The first-order valence-electron chi connectivity index (χ1n) is 7.27. The summed E-state index contributed by atoms with van der Waals surface area (Å²) in [6, 6.07) is 6.39. The Balaban J connectivity index is 2.15. The van der Waals surface area contributed by atoms with E-state index in [0.29, 0.717) is 12.6 Å². The Morgan fingerprint density at radius 3 is 2.67 bits per heavy atom. The molecule has 116 valence electrons. The highest BCUT2D eigenvalue weighted by Gasteiger charge is 2.25. The molecule has 0 saturated heterocycles. The van der Waals surface area contributed by atoms with Gasteiger partial charge < -0.3 is 9.47 Å². The molecule has 0 spiro atoms. The fourth-order valence-electron chi connectivity index (χ4n) is 2.83. The van der Waals surface area contributed by atoms with E-state index in [2.05, 4.69) is 20.8 Å². The maximum absolute atomic E-state index is 11.7. The van der Waals surface area contributed by atoms with Crippen LogP contribution in [0.3, 0.4) is 0 Å². The zero-order chi connectivity index (χ0) is 15.2. The SMILES string of the molecule is COC(=O)CN(Cc1cc(OC)ccc1Br)C1CCCC1. The molecule has 5 heteroatoms. The van der Waals surface area contributed by atoms with E-state index in [0.717, 1.165) is 35.2 Å². The van der Waals surface area contributed by atoms with Crippen molar-refractivity contribution in [3.05, 3.63) is 28.2 Å². The Hall–Kier alpha value is -1.07. The summed E-state index contributed by atoms with van der Waals surface area (Å²) in [7, 11) is 3.10. The summed E-state index contributed by atoms with van der Waals surface area (Å²) in [5.74, 6) is 0.651. The van der Waals surface area contributed by atoms with Crippen molar-refractivity contribution < 1.29 is 14.3 Å². The molecular formula is C16H22BrNO3. The van der Waals surface area contributed by atoms with E-state index in [4.69, 9.17) is 9.47 Å². The van der Waals surface area contributed by atoms with Crippen molar-refractivity contribution in [2.75, 3.05) is 20.8 Å². The van der Waals surface area contributed by atoms with Crippen molar-refractivity contribution >= 4 is 21.9 Å². The third-order valence-corrected chi connectivity index (χ3v) is 4.80. The average molecular weight is 356 g/mol. The Morgan fingerprint density at radius 1 is 1.33 bits per heavy atom. The third kappa shape index (κ3) is 4.45. The minimum atomic E-state index is -0.180. The molecule has 1 aromatic rings. The van der Waals surface area contributed by atoms with Gasteiger partial charge in [-0.05, 0) is 36.6 Å². The summed E-state index contributed by atoms with van der Waals surface area (Å²) >= 11 is 3.58. The molecule has 0 radical (unpaired) electrons. The van der Waals surface area contributed by atoms with E-state index < -0.39 is 0 Å². The van der Waals surface area contributed by atoms with Crippen LogP contribution in [0.1, 0.15) is 31.2 Å². The number of methoxy groups -OCH3 is 2. The van der Waals surface area contributed by atoms with E-state index >= 15 is 0 Å². The second-order valence-corrected chi connectivity index (χ2v) is 6.23. The van der Waals surface area contributed by atoms with E-state index in [9.17, 15) is 4.79 Å². The standard InChI is InChI=1S/C16H22BrNO3/c1-20-14-7-8-15(17)12(9-14)10-18(11-16(19)21-2)13-5-3-4-6-13/h7-9,13H,3-6,10-11H2,1-2H3. The molecule has 2 rings (SSSR count). The van der Waals surface area contributed by atoms with Crippen molar-refractivity contribution in [2.24, 2.45) is 0 Å². The molecule has 1 saturated carbocycles. The highest BCUT2D eigenvalue weighted by molar-refractivity contribution is 9.10. The quantitative estimate of drug-likeness (QED) is 0.733. The number of ether oxygens (including phenoxy) is 2. The van der Waals surface area contributed by atoms with Crippen LogP contribution >= 0.6 is 15.9 Å². The molecule has 0 amide bonds. The van der Waals surface area contributed by atoms with Gasteiger partial charge in [0.25, 0.3) is 0 Å². The normalized spacial score (nSPS) is 15.4. The van der Waals surface area contributed by atoms with Gasteiger partial charge in [0.1, 0.15) is 5.75 Å². The molecular weight excluding hydrogens is 334 g/mol. The number of hydrogen-bond acceptors (Lipinski definition) is 4. The summed E-state index contributed by atoms with van der Waals surface area (Å²) in [6.07, 6.45) is 4.78. The number of halogens is 1. The molecule has 1 aromatic carbocycles. The van der Waals surface area contributed by atoms with Gasteiger partial charge in [0, 0.05) is 17.1 Å². The molecule has 0 atom stereocenters. The van der Waals surface area contributed by atoms with Crippen molar-refractivity contribution in [2.45, 2.75) is 38.3 Å². The number of hydrogen-bond donors (Lipinski definition) is 0. The summed E-state index contributed by atoms with van der Waals surface area (Å²) in [5, 5.41) is 0. The lowest BCUT2D eigenvalue weighted by atomic mass is 10.1. The monoisotopic (exact) mass is 355 g/mol. The van der Waals surface area contributed by atoms with Gasteiger partial charge in [-0.2, -0.15) is 0 Å². The minimum Gasteiger partial charge on any atom is -0.497 e. The predicted octanol–water partition coefficient (Wildman–Crippen LogP) is 3.38. The zero-order valence-electron chi connectivity index (χ0n) is 12.6. The largest absolute Gasteiger partial charge is 0.497 e. The fourth-order valence-corrected chi connectivity index (χ4v) is 3.20. The Kier molecular flexibility index (Phi) is 6.06. The minimum absolute atomic E-state index is 0.180. The van der Waals surface area contributed by atoms with Crippen LogP contribution in [0.2, 0.25) is 0 Å². The third-order valence-electron chi connectivity index (χ3n) is 4.03. The van der Waals surface area contributed by atoms with E-state index in [1.165, 1.54) is 20.0 Å². The van der Waals surface area contributed by atoms with Gasteiger partial charge in [-0.1, -0.05) is 28.8 Å². The van der Waals surface area contributed by atoms with Crippen molar-refractivity contribution in [1.82, 2.24) is 4.90 Å². The first kappa shape index (κ1) is 16.3. The van der Waals surface area contributed by atoms with Crippen LogP contribution in [0.15, 0.2) is 22.7 Å². The van der Waals surface area contributed by atoms with Gasteiger partial charge in [-0.25, -0.2) is 0 Å². The van der Waals surface area contributed by atoms with Crippen molar-refractivity contribution in [3.63, 3.8) is 0 Å². The highest BCUT2D eigenvalue weighted by Crippen LogP contribution is 2.28. The number of nitrogens with zero attached hydrogens (tertiary/aromatic N) is 1. The summed E-state index contributed by atoms with van der Waals surface area (Å²) in [4.78, 5) is 13.9. The first-order chi connectivity index (χ1) is 10.1. The Morgan fingerprint density at radius 2 is 2.05 bits per heavy atom. The molecule has 4 nitrogen and oxygen atoms in total. The number of benzene rings is 1. The second kappa shape index (κ2) is 7.80. The molecule has 0 unspecified atom stereocenters. The average Bonchev–Trinajstić information content (AvgIpc) is 3.02. The van der Waals surface area contributed by atoms with Crippen LogP contribution in [0, 0.1) is 0 Å². The highest BCUT2D eigenvalue weighted by atomic mass is 79.9. The molecule has 1 aliphatic carbocycles. The van der Waals surface area contributed by atoms with Crippen LogP contribution in [-0.4, -0.2) is 37.7 Å². The van der Waals surface area contributed by atoms with Crippen LogP contribution in [0.5, 0.6) is 5.75 Å². The summed E-state index contributed by atoms with van der Waals surface area (Å²) in [5.41, 5.74) is 1.13. The molecule has 21 heavy (non-hydrogen) atoms. The number of carbonyl (C=O) groups is 1. The maximum Gasteiger partial charge on any atom is 0.319 e. The van der Waals surface area contributed by atoms with E-state index in [1.54, 1.807) is 7.11 Å². The van der Waals surface area contributed by atoms with Gasteiger partial charge in [0.2, 0.25) is 0 Å². The topological polar surface area (TPSA) is 38.8 Å². The molecule has 1 aliphatic rings. The zero-order valence-corrected chi connectivity index (χ0v) is 14.2. The second-order valence-electron chi connectivity index (χ2n) is 5.38. The predicted molar refractivity (Wildman–Crippen MR) is 85.4 cm³/mol. The van der Waals surface area contributed by atoms with Gasteiger partial charge in [0.15, 0.2) is 0 Å². The van der Waals surface area contributed by atoms with Crippen molar-refractivity contribution in [3.8, 4) is 5.75 Å². The molecule has 0 heterocycles. The van der Waals surface area contributed by atoms with Crippen LogP contribution in [0.25, 0.3) is 0 Å². The maximum atomic E-state index is 11.7. The van der Waals surface area contributed by atoms with Crippen LogP contribution in [0.4, 0.5) is 0 Å². The van der Waals surface area contributed by atoms with Gasteiger partial charge >= 0.3 is 5.97 Å². The van der Waals surface area contributed by atoms with Crippen molar-refractivity contribution in [1.29, 1.82) is 0 Å². The van der Waals surface area contributed by atoms with Gasteiger partial charge in [-0.3, -0.25) is 9.69 Å². The number of esters is 1. The Bertz CT molecular complexity index is 486. The van der Waals surface area contributed by atoms with Crippen LogP contribution < -0.4 is 4.74 Å². The molecule has 0 N–H and O–H groups in total. The van der Waals surface area contributed by atoms with Crippen LogP contribution in [-0.2, 0) is 16.1 Å². The summed E-state index contributed by atoms with van der Waals surface area (Å²) in [6.45, 7) is 1.06. The lowest BCUT2D eigenvalue weighted by molar-refractivity contribution is -0.142. The summed E-state index contributed by atoms with van der Waals surface area (Å²) < 4.78 is 11.2. The fraction of sp³-hybridized carbons (Fsp3) is 0.562. The van der Waals surface area contributed by atoms with E-state index in [-0.39, 0.29) is 5.97 Å². The first-order valence-corrected chi connectivity index (χ1v) is 8.06. The van der Waals surface area contributed by atoms with E-state index in [1.807, 2.05) is 18.2 Å². The number of carbonyl (C=O) groups excluding carboxylic acids is 1. The smallest absolute Gasteiger partial charge is 0.319 e. The molecule has 0 aliphatic heterocycles. The van der Waals surface area contributed by atoms with Gasteiger partial charge in [0.05, 0.1) is 20.8 Å². The Labute approximate surface area is 134 Å². The molecule has 0 aromatic heterocycles. The molecule has 0 bridgehead atoms. The molecule has 1 fully saturated rings.